The Morgan fingerprint density at radius 2 is 0.932 bits per heavy atom. The van der Waals surface area contributed by atoms with Crippen molar-refractivity contribution in [1.82, 2.24) is 62.7 Å². The number of nitrogens with one attached hydrogen (secondary N) is 11. The maximum atomic E-state index is 14.6. The van der Waals surface area contributed by atoms with Gasteiger partial charge >= 0.3 is 23.9 Å². The average Bonchev–Trinajstić information content (AvgIpc) is 4.18. The van der Waals surface area contributed by atoms with Crippen molar-refractivity contribution in [3.63, 3.8) is 0 Å². The van der Waals surface area contributed by atoms with Crippen LogP contribution in [0.3, 0.4) is 0 Å². The summed E-state index contributed by atoms with van der Waals surface area (Å²) in [5.41, 5.74) is 3.55. The number of aromatic nitrogens is 2. The van der Waals surface area contributed by atoms with Gasteiger partial charge in [0.2, 0.25) is 41.4 Å². The van der Waals surface area contributed by atoms with Crippen molar-refractivity contribution >= 4 is 98.9 Å². The summed E-state index contributed by atoms with van der Waals surface area (Å²) in [6.07, 6.45) is 7.04. The minimum atomic E-state index is -1.58. The smallest absolute Gasteiger partial charge is 0.326 e. The highest BCUT2D eigenvalue weighted by molar-refractivity contribution is 6.13. The first kappa shape index (κ1) is 66.7. The van der Waals surface area contributed by atoms with E-state index in [4.69, 9.17) is 5.11 Å². The number of carbonyl (C=O) groups excluding carboxylic acids is 10. The number of amides is 11. The summed E-state index contributed by atoms with van der Waals surface area (Å²) >= 11 is 0. The highest BCUT2D eigenvalue weighted by Crippen LogP contribution is 2.22. The van der Waals surface area contributed by atoms with E-state index < -0.39 is 133 Å². The van der Waals surface area contributed by atoms with Crippen LogP contribution in [0.1, 0.15) is 80.9 Å². The molecule has 0 spiro atoms. The van der Waals surface area contributed by atoms with Gasteiger partial charge in [0.1, 0.15) is 30.2 Å². The van der Waals surface area contributed by atoms with Gasteiger partial charge in [0.15, 0.2) is 0 Å². The summed E-state index contributed by atoms with van der Waals surface area (Å²) in [6.45, 7) is -1.05. The van der Waals surface area contributed by atoms with Crippen molar-refractivity contribution in [2.24, 2.45) is 0 Å². The maximum absolute atomic E-state index is 14.6. The quantitative estimate of drug-likeness (QED) is 0.0192. The number of fused-ring (bicyclic) bond motifs is 2. The first-order chi connectivity index (χ1) is 42.2. The van der Waals surface area contributed by atoms with Gasteiger partial charge in [0.25, 0.3) is 11.8 Å². The zero-order chi connectivity index (χ0) is 63.5. The van der Waals surface area contributed by atoms with E-state index in [0.29, 0.717) is 43.2 Å². The lowest BCUT2D eigenvalue weighted by Gasteiger charge is -2.24. The number of benzene rings is 3. The number of H-pyrrole nitrogens is 2. The van der Waals surface area contributed by atoms with Gasteiger partial charge in [0, 0.05) is 105 Å². The highest BCUT2D eigenvalue weighted by Gasteiger charge is 2.31. The van der Waals surface area contributed by atoms with Crippen LogP contribution in [-0.4, -0.2) is 170 Å². The Kier molecular flexibility index (Phi) is 25.7. The molecule has 5 atom stereocenters. The lowest BCUT2D eigenvalue weighted by Crippen LogP contribution is -2.57. The number of nitrogens with zero attached hydrogens (tertiary/aromatic N) is 1. The van der Waals surface area contributed by atoms with E-state index in [1.54, 1.807) is 42.7 Å². The second kappa shape index (κ2) is 33.9. The Morgan fingerprint density at radius 3 is 1.51 bits per heavy atom. The van der Waals surface area contributed by atoms with E-state index in [-0.39, 0.29) is 58.2 Å². The lowest BCUT2D eigenvalue weighted by atomic mass is 10.0. The number of carboxylic acids is 3. The summed E-state index contributed by atoms with van der Waals surface area (Å²) in [5.74, 6) is -9.79. The van der Waals surface area contributed by atoms with Gasteiger partial charge in [-0.2, -0.15) is 0 Å². The zero-order valence-corrected chi connectivity index (χ0v) is 48.0. The van der Waals surface area contributed by atoms with Crippen LogP contribution in [0.2, 0.25) is 0 Å². The number of imide groups is 1. The molecule has 0 radical (unpaired) electrons. The predicted molar refractivity (Wildman–Crippen MR) is 316 cm³/mol. The van der Waals surface area contributed by atoms with E-state index >= 15 is 0 Å². The molecule has 1 aliphatic heterocycles. The third-order valence-corrected chi connectivity index (χ3v) is 14.2. The fourth-order valence-corrected chi connectivity index (χ4v) is 9.58. The third-order valence-electron chi connectivity index (χ3n) is 14.2. The molecule has 0 fully saturated rings. The van der Waals surface area contributed by atoms with Gasteiger partial charge in [-0.3, -0.25) is 52.8 Å². The molecule has 3 aromatic carbocycles. The Hall–Kier alpha value is -10.4. The van der Waals surface area contributed by atoms with E-state index in [1.165, 1.54) is 0 Å². The minimum absolute atomic E-state index is 0.0488. The van der Waals surface area contributed by atoms with Crippen molar-refractivity contribution in [1.29, 1.82) is 0 Å². The number of hydrogen-bond donors (Lipinski definition) is 14. The molecule has 28 nitrogen and oxygen atoms in total. The molecule has 3 heterocycles. The normalized spacial score (nSPS) is 13.5. The van der Waals surface area contributed by atoms with Gasteiger partial charge in [-0.1, -0.05) is 86.0 Å². The lowest BCUT2D eigenvalue weighted by molar-refractivity contribution is -0.141. The molecule has 14 N–H and O–H groups in total. The molecule has 0 saturated heterocycles. The standard InChI is InChI=1S/C60H72N12O16/c73-48(22-20-43(58(84)85)70-60(88)71-44(59(86)87)21-25-54(79)80)61-26-12-3-1-2-7-19-49(74)67-45(29-36-13-5-4-6-14-36)55(81)66-35-51(76)68-47(31-38-33-64-42-18-11-9-16-40(38)42)57(83)69-46(30-37-32-63-41-17-10-8-15-39(37)41)56(82)65-34-50(75)62-27-28-72-52(77)23-24-53(72)78/h4-6,8-11,13-18,23-24,32-33,43-47,63-64H,1-3,7,12,19-22,25-31,34-35H2,(H,61,73)(H,62,75)(H,65,82)(H,66,81)(H,67,74)(H,68,76)(H,69,83)(H,79,80)(H,84,85)(H,86,87)(H2,70,71,88)/t43-,44-,45?,46?,47?/m0/s1. The van der Waals surface area contributed by atoms with Crippen LogP contribution in [0.4, 0.5) is 4.79 Å². The van der Waals surface area contributed by atoms with Crippen LogP contribution in [-0.2, 0) is 76.8 Å². The molecule has 11 amide bonds. The molecule has 2 aromatic heterocycles. The molecule has 28 heteroatoms. The maximum Gasteiger partial charge on any atom is 0.326 e. The topological polar surface area (TPSA) is 426 Å². The van der Waals surface area contributed by atoms with Crippen molar-refractivity contribution < 1.29 is 77.6 Å². The molecule has 468 valence electrons. The number of unbranched alkanes of at least 4 members (excludes halogenated alkanes) is 4. The van der Waals surface area contributed by atoms with Gasteiger partial charge in [-0.05, 0) is 54.5 Å². The van der Waals surface area contributed by atoms with Crippen LogP contribution in [0.15, 0.2) is 103 Å². The number of aliphatic carboxylic acids is 3. The van der Waals surface area contributed by atoms with Crippen molar-refractivity contribution in [2.45, 2.75) is 114 Å². The molecule has 0 bridgehead atoms. The number of para-hydroxylation sites is 2. The molecule has 5 aromatic rings. The number of carboxylic acid groups (broad SMARTS) is 3. The number of urea groups is 1. The summed E-state index contributed by atoms with van der Waals surface area (Å²) in [6, 6.07) is 15.5. The number of aromatic amines is 2. The largest absolute Gasteiger partial charge is 0.481 e. The summed E-state index contributed by atoms with van der Waals surface area (Å²) in [5, 5.41) is 51.9. The van der Waals surface area contributed by atoms with E-state index in [2.05, 4.69) is 52.5 Å². The van der Waals surface area contributed by atoms with Gasteiger partial charge < -0.3 is 73.1 Å². The molecule has 88 heavy (non-hydrogen) atoms. The third kappa shape index (κ3) is 21.6. The van der Waals surface area contributed by atoms with Crippen LogP contribution in [0.25, 0.3) is 21.8 Å². The van der Waals surface area contributed by atoms with Gasteiger partial charge in [0.05, 0.1) is 13.1 Å². The summed E-state index contributed by atoms with van der Waals surface area (Å²) in [7, 11) is 0. The van der Waals surface area contributed by atoms with Gasteiger partial charge in [-0.25, -0.2) is 14.4 Å². The fourth-order valence-electron chi connectivity index (χ4n) is 9.58. The first-order valence-corrected chi connectivity index (χ1v) is 28.6. The van der Waals surface area contributed by atoms with Crippen molar-refractivity contribution in [3.8, 4) is 0 Å². The summed E-state index contributed by atoms with van der Waals surface area (Å²) < 4.78 is 0. The van der Waals surface area contributed by atoms with E-state index in [0.717, 1.165) is 44.4 Å². The molecule has 3 unspecified atom stereocenters. The number of carbonyl (C=O) groups is 13. The Bertz CT molecular complexity index is 3340. The SMILES string of the molecule is O=C(O)CC[C@H](NC(=O)N[C@@H](CCC(=O)NCCCCCCCC(=O)NC(Cc1ccccc1)C(=O)NCC(=O)NC(Cc1c[nH]c2ccccc12)C(=O)NC(Cc1c[nH]c2ccccc12)C(=O)NCC(=O)NCCN1C(=O)C=CC1=O)C(=O)O)C(=O)O. The van der Waals surface area contributed by atoms with Crippen LogP contribution >= 0.6 is 0 Å². The monoisotopic (exact) mass is 1220 g/mol. The second-order valence-corrected chi connectivity index (χ2v) is 20.8. The number of hydrogen-bond acceptors (Lipinski definition) is 13. The van der Waals surface area contributed by atoms with Crippen molar-refractivity contribution in [2.75, 3.05) is 32.7 Å². The second-order valence-electron chi connectivity index (χ2n) is 20.8. The Labute approximate surface area is 504 Å². The van der Waals surface area contributed by atoms with Crippen molar-refractivity contribution in [3.05, 3.63) is 120 Å². The minimum Gasteiger partial charge on any atom is -0.481 e. The Morgan fingerprint density at radius 1 is 0.443 bits per heavy atom. The average molecular weight is 1220 g/mol. The Balaban J connectivity index is 0.998. The van der Waals surface area contributed by atoms with Crippen LogP contribution < -0.4 is 47.9 Å². The van der Waals surface area contributed by atoms with E-state index in [1.807, 2.05) is 53.8 Å². The molecule has 1 aliphatic rings. The zero-order valence-electron chi connectivity index (χ0n) is 48.0. The highest BCUT2D eigenvalue weighted by atomic mass is 16.4. The number of rotatable bonds is 37. The molecular formula is C60H72N12O16. The fraction of sp³-hybridized carbons (Fsp3) is 0.383. The molecule has 6 rings (SSSR count). The predicted octanol–water partition coefficient (Wildman–Crippen LogP) is 0.713. The first-order valence-electron chi connectivity index (χ1n) is 28.6. The molecule has 0 aliphatic carbocycles. The molecule has 0 saturated carbocycles. The van der Waals surface area contributed by atoms with Crippen LogP contribution in [0.5, 0.6) is 0 Å². The van der Waals surface area contributed by atoms with Gasteiger partial charge in [-0.15, -0.1) is 0 Å². The van der Waals surface area contributed by atoms with Crippen LogP contribution in [0, 0.1) is 0 Å². The summed E-state index contributed by atoms with van der Waals surface area (Å²) in [4.78, 5) is 172. The molecular weight excluding hydrogens is 1140 g/mol. The van der Waals surface area contributed by atoms with E-state index in [9.17, 15) is 72.5 Å².